The summed E-state index contributed by atoms with van der Waals surface area (Å²) in [6.07, 6.45) is 4.17. The molecule has 0 fully saturated rings. The molecule has 0 bridgehead atoms. The maximum atomic E-state index is 5.18. The van der Waals surface area contributed by atoms with Crippen LogP contribution in [0.3, 0.4) is 0 Å². The maximum Gasteiger partial charge on any atom is 0.138 e. The first-order chi connectivity index (χ1) is 8.08. The molecule has 4 heteroatoms. The molecule has 0 aromatic carbocycles. The van der Waals surface area contributed by atoms with E-state index in [1.54, 1.807) is 0 Å². The number of hydrogen-bond donors (Lipinski definition) is 1. The first kappa shape index (κ1) is 11.9. The Labute approximate surface area is 102 Å². The summed E-state index contributed by atoms with van der Waals surface area (Å²) in [7, 11) is 2.03. The first-order valence-electron chi connectivity index (χ1n) is 5.85. The molecule has 2 heterocycles. The summed E-state index contributed by atoms with van der Waals surface area (Å²) in [5, 5.41) is 7.46. The van der Waals surface area contributed by atoms with E-state index in [1.165, 1.54) is 11.1 Å². The van der Waals surface area contributed by atoms with Crippen LogP contribution in [0, 0.1) is 13.8 Å². The highest BCUT2D eigenvalue weighted by Crippen LogP contribution is 2.21. The van der Waals surface area contributed by atoms with Crippen LogP contribution >= 0.6 is 0 Å². The molecule has 0 aliphatic rings. The second kappa shape index (κ2) is 4.75. The van der Waals surface area contributed by atoms with Crippen molar-refractivity contribution in [2.24, 2.45) is 7.05 Å². The van der Waals surface area contributed by atoms with Crippen LogP contribution in [0.1, 0.15) is 35.5 Å². The molecule has 0 radical (unpaired) electrons. The number of aromatic nitrogens is 2. The number of hydrogen-bond acceptors (Lipinski definition) is 3. The van der Waals surface area contributed by atoms with Gasteiger partial charge in [-0.05, 0) is 32.4 Å². The lowest BCUT2D eigenvalue weighted by Gasteiger charge is -2.12. The highest BCUT2D eigenvalue weighted by Gasteiger charge is 2.15. The van der Waals surface area contributed by atoms with E-state index in [1.807, 2.05) is 20.9 Å². The van der Waals surface area contributed by atoms with Crippen LogP contribution in [-0.4, -0.2) is 9.72 Å². The highest BCUT2D eigenvalue weighted by molar-refractivity contribution is 5.24. The third kappa shape index (κ3) is 2.58. The summed E-state index contributed by atoms with van der Waals surface area (Å²) in [6, 6.07) is 2.37. The smallest absolute Gasteiger partial charge is 0.138 e. The molecule has 0 saturated carbocycles. The molecule has 0 spiro atoms. The molecular weight excluding hydrogens is 214 g/mol. The minimum Gasteiger partial charge on any atom is -0.361 e. The van der Waals surface area contributed by atoms with Crippen LogP contribution in [0.5, 0.6) is 0 Å². The third-order valence-corrected chi connectivity index (χ3v) is 3.03. The van der Waals surface area contributed by atoms with Gasteiger partial charge in [0.15, 0.2) is 0 Å². The standard InChI is InChI=1S/C13H19N3O/c1-9(13-10(2)15-17-11(13)3)14-7-12-5-6-16(4)8-12/h5-6,8-9,14H,7H2,1-4H3. The fourth-order valence-electron chi connectivity index (χ4n) is 2.15. The van der Waals surface area contributed by atoms with Crippen LogP contribution in [-0.2, 0) is 13.6 Å². The Morgan fingerprint density at radius 3 is 2.76 bits per heavy atom. The molecule has 17 heavy (non-hydrogen) atoms. The van der Waals surface area contributed by atoms with E-state index in [4.69, 9.17) is 4.52 Å². The molecule has 1 atom stereocenters. The number of rotatable bonds is 4. The van der Waals surface area contributed by atoms with Gasteiger partial charge in [0.05, 0.1) is 5.69 Å². The summed E-state index contributed by atoms with van der Waals surface area (Å²) in [5.74, 6) is 0.899. The Morgan fingerprint density at radius 1 is 1.47 bits per heavy atom. The van der Waals surface area contributed by atoms with Crippen molar-refractivity contribution in [3.05, 3.63) is 41.0 Å². The Hall–Kier alpha value is -1.55. The van der Waals surface area contributed by atoms with Crippen molar-refractivity contribution >= 4 is 0 Å². The van der Waals surface area contributed by atoms with Crippen molar-refractivity contribution < 1.29 is 4.52 Å². The molecule has 2 aromatic heterocycles. The van der Waals surface area contributed by atoms with Crippen LogP contribution in [0.15, 0.2) is 23.0 Å². The van der Waals surface area contributed by atoms with Crippen molar-refractivity contribution in [2.45, 2.75) is 33.4 Å². The second-order valence-corrected chi connectivity index (χ2v) is 4.53. The molecule has 2 aromatic rings. The van der Waals surface area contributed by atoms with Gasteiger partial charge in [0.1, 0.15) is 5.76 Å². The average Bonchev–Trinajstić information content (AvgIpc) is 2.83. The average molecular weight is 233 g/mol. The van der Waals surface area contributed by atoms with Gasteiger partial charge in [0.2, 0.25) is 0 Å². The van der Waals surface area contributed by atoms with Gasteiger partial charge in [-0.1, -0.05) is 5.16 Å². The largest absolute Gasteiger partial charge is 0.361 e. The van der Waals surface area contributed by atoms with Gasteiger partial charge >= 0.3 is 0 Å². The number of nitrogens with zero attached hydrogens (tertiary/aromatic N) is 2. The molecule has 0 aliphatic heterocycles. The van der Waals surface area contributed by atoms with Crippen molar-refractivity contribution in [1.29, 1.82) is 0 Å². The zero-order valence-corrected chi connectivity index (χ0v) is 10.8. The van der Waals surface area contributed by atoms with E-state index >= 15 is 0 Å². The maximum absolute atomic E-state index is 5.18. The van der Waals surface area contributed by atoms with Crippen LogP contribution < -0.4 is 5.32 Å². The van der Waals surface area contributed by atoms with Crippen molar-refractivity contribution in [2.75, 3.05) is 0 Å². The molecule has 92 valence electrons. The summed E-state index contributed by atoms with van der Waals surface area (Å²) in [6.45, 7) is 6.92. The Morgan fingerprint density at radius 2 is 2.24 bits per heavy atom. The second-order valence-electron chi connectivity index (χ2n) is 4.53. The van der Waals surface area contributed by atoms with E-state index in [2.05, 4.69) is 40.4 Å². The summed E-state index contributed by atoms with van der Waals surface area (Å²) < 4.78 is 7.23. The van der Waals surface area contributed by atoms with E-state index < -0.39 is 0 Å². The molecule has 0 amide bonds. The van der Waals surface area contributed by atoms with Gasteiger partial charge in [0.25, 0.3) is 0 Å². The van der Waals surface area contributed by atoms with Gasteiger partial charge in [0, 0.05) is 37.6 Å². The van der Waals surface area contributed by atoms with Crippen LogP contribution in [0.4, 0.5) is 0 Å². The zero-order valence-electron chi connectivity index (χ0n) is 10.8. The van der Waals surface area contributed by atoms with Crippen LogP contribution in [0.2, 0.25) is 0 Å². The van der Waals surface area contributed by atoms with Gasteiger partial charge < -0.3 is 14.4 Å². The van der Waals surface area contributed by atoms with Gasteiger partial charge in [-0.3, -0.25) is 0 Å². The Balaban J connectivity index is 2.00. The van der Waals surface area contributed by atoms with Crippen LogP contribution in [0.25, 0.3) is 0 Å². The lowest BCUT2D eigenvalue weighted by Crippen LogP contribution is -2.18. The Bertz CT molecular complexity index is 479. The SMILES string of the molecule is Cc1noc(C)c1C(C)NCc1ccn(C)c1. The molecular formula is C13H19N3O. The molecule has 0 aliphatic carbocycles. The fraction of sp³-hybridized carbons (Fsp3) is 0.462. The van der Waals surface area contributed by atoms with Gasteiger partial charge in [-0.2, -0.15) is 0 Å². The summed E-state index contributed by atoms with van der Waals surface area (Å²) >= 11 is 0. The Kier molecular flexibility index (Phi) is 3.33. The lowest BCUT2D eigenvalue weighted by atomic mass is 10.1. The molecule has 4 nitrogen and oxygen atoms in total. The number of aryl methyl sites for hydroxylation is 3. The van der Waals surface area contributed by atoms with E-state index in [9.17, 15) is 0 Å². The minimum atomic E-state index is 0.251. The first-order valence-corrected chi connectivity index (χ1v) is 5.85. The van der Waals surface area contributed by atoms with E-state index in [0.29, 0.717) is 0 Å². The molecule has 2 rings (SSSR count). The quantitative estimate of drug-likeness (QED) is 0.882. The lowest BCUT2D eigenvalue weighted by molar-refractivity contribution is 0.390. The summed E-state index contributed by atoms with van der Waals surface area (Å²) in [5.41, 5.74) is 3.42. The van der Waals surface area contributed by atoms with Crippen molar-refractivity contribution in [1.82, 2.24) is 15.0 Å². The predicted molar refractivity (Wildman–Crippen MR) is 66.6 cm³/mol. The zero-order chi connectivity index (χ0) is 12.4. The van der Waals surface area contributed by atoms with Crippen molar-refractivity contribution in [3.63, 3.8) is 0 Å². The normalized spacial score (nSPS) is 12.9. The van der Waals surface area contributed by atoms with E-state index in [0.717, 1.165) is 18.0 Å². The fourth-order valence-corrected chi connectivity index (χ4v) is 2.15. The van der Waals surface area contributed by atoms with E-state index in [-0.39, 0.29) is 6.04 Å². The number of nitrogens with one attached hydrogen (secondary N) is 1. The monoisotopic (exact) mass is 233 g/mol. The third-order valence-electron chi connectivity index (χ3n) is 3.03. The van der Waals surface area contributed by atoms with Gasteiger partial charge in [-0.25, -0.2) is 0 Å². The topological polar surface area (TPSA) is 43.0 Å². The van der Waals surface area contributed by atoms with Crippen molar-refractivity contribution in [3.8, 4) is 0 Å². The van der Waals surface area contributed by atoms with Gasteiger partial charge in [-0.15, -0.1) is 0 Å². The summed E-state index contributed by atoms with van der Waals surface area (Å²) in [4.78, 5) is 0. The predicted octanol–water partition coefficient (Wildman–Crippen LogP) is 2.48. The molecule has 1 unspecified atom stereocenters. The molecule has 1 N–H and O–H groups in total. The highest BCUT2D eigenvalue weighted by atomic mass is 16.5. The molecule has 0 saturated heterocycles. The minimum absolute atomic E-state index is 0.251.